The lowest BCUT2D eigenvalue weighted by atomic mass is 9.90. The van der Waals surface area contributed by atoms with Gasteiger partial charge < -0.3 is 4.90 Å². The molecule has 1 fully saturated rings. The van der Waals surface area contributed by atoms with Gasteiger partial charge in [0.05, 0.1) is 47.3 Å². The van der Waals surface area contributed by atoms with Crippen LogP contribution in [0.5, 0.6) is 0 Å². The van der Waals surface area contributed by atoms with Crippen molar-refractivity contribution in [3.05, 3.63) is 131 Å². The Morgan fingerprint density at radius 3 is 2.00 bits per heavy atom. The Morgan fingerprint density at radius 1 is 0.854 bits per heavy atom. The van der Waals surface area contributed by atoms with Crippen molar-refractivity contribution >= 4 is 17.0 Å². The molecule has 0 bridgehead atoms. The molecule has 0 radical (unpaired) electrons. The van der Waals surface area contributed by atoms with Crippen LogP contribution < -0.4 is 0 Å². The number of amidine groups is 1. The zero-order valence-electron chi connectivity index (χ0n) is 27.2. The van der Waals surface area contributed by atoms with Crippen molar-refractivity contribution in [2.75, 3.05) is 14.1 Å². The fourth-order valence-electron chi connectivity index (χ4n) is 5.52. The topological polar surface area (TPSA) is 158 Å². The Hall–Kier alpha value is -6.71. The molecular weight excluding hydrogens is 592 g/mol. The summed E-state index contributed by atoms with van der Waals surface area (Å²) in [6, 6.07) is 29.8. The second kappa shape index (κ2) is 18.3. The number of benzene rings is 2. The zero-order chi connectivity index (χ0) is 34.9. The van der Waals surface area contributed by atoms with Gasteiger partial charge in [0.25, 0.3) is 0 Å². The molecule has 2 atom stereocenters. The molecular formula is C40H34N8. The Morgan fingerprint density at radius 2 is 1.48 bits per heavy atom. The summed E-state index contributed by atoms with van der Waals surface area (Å²) in [6.45, 7) is 2.04. The highest BCUT2D eigenvalue weighted by atomic mass is 15.1. The van der Waals surface area contributed by atoms with Crippen LogP contribution in [-0.4, -0.2) is 30.9 Å². The number of hydrogen-bond donors (Lipinski definition) is 0. The van der Waals surface area contributed by atoms with E-state index in [-0.39, 0.29) is 34.3 Å². The van der Waals surface area contributed by atoms with Crippen molar-refractivity contribution < 1.29 is 0 Å². The number of nitriles is 6. The third-order valence-corrected chi connectivity index (χ3v) is 7.83. The summed E-state index contributed by atoms with van der Waals surface area (Å²) in [4.78, 5) is 7.09. The summed E-state index contributed by atoms with van der Waals surface area (Å²) in [6.07, 6.45) is 13.0. The molecule has 0 aliphatic heterocycles. The number of hydrogen-bond acceptors (Lipinski definition) is 7. The fraction of sp³-hybridized carbons (Fsp3) is 0.225. The normalized spacial score (nSPS) is 17.5. The van der Waals surface area contributed by atoms with Gasteiger partial charge in [0.15, 0.2) is 5.92 Å². The Bertz CT molecular complexity index is 1920. The van der Waals surface area contributed by atoms with Crippen molar-refractivity contribution in [3.63, 3.8) is 0 Å². The third kappa shape index (κ3) is 8.94. The highest BCUT2D eigenvalue weighted by Crippen LogP contribution is 2.36. The van der Waals surface area contributed by atoms with E-state index in [0.717, 1.165) is 30.7 Å². The average Bonchev–Trinajstić information content (AvgIpc) is 3.50. The first-order valence-corrected chi connectivity index (χ1v) is 15.4. The molecule has 0 spiro atoms. The number of aliphatic imine (C=N–C) groups is 1. The molecule has 234 valence electrons. The number of nitrogens with zero attached hydrogens (tertiary/aromatic N) is 8. The summed E-state index contributed by atoms with van der Waals surface area (Å²) in [5, 5.41) is 58.6. The monoisotopic (exact) mass is 626 g/mol. The molecule has 0 aromatic heterocycles. The second-order valence-corrected chi connectivity index (χ2v) is 11.0. The molecule has 1 aliphatic rings. The largest absolute Gasteiger partial charge is 0.366 e. The number of allylic oxidation sites excluding steroid dienone is 10. The lowest BCUT2D eigenvalue weighted by Gasteiger charge is -2.20. The van der Waals surface area contributed by atoms with Crippen LogP contribution in [-0.2, 0) is 0 Å². The summed E-state index contributed by atoms with van der Waals surface area (Å²) in [5.41, 5.74) is 3.23. The Kier molecular flexibility index (Phi) is 13.6. The van der Waals surface area contributed by atoms with Gasteiger partial charge in [-0.15, -0.1) is 0 Å². The SMILES string of the molecule is CC/C(=N/C1/C(=C/C=C/C(C#N)=C(\c2ccccc2)C(C#N)C#N)CCC1/C=C/C=C(\C#N)C(=C(C#N)C#N)c1ccccc1)N(C)C. The highest BCUT2D eigenvalue weighted by molar-refractivity contribution is 5.89. The minimum absolute atomic E-state index is 0.00896. The smallest absolute Gasteiger partial charge is 0.160 e. The second-order valence-electron chi connectivity index (χ2n) is 11.0. The van der Waals surface area contributed by atoms with Crippen molar-refractivity contribution in [2.24, 2.45) is 16.8 Å². The molecule has 2 aromatic carbocycles. The van der Waals surface area contributed by atoms with E-state index in [1.807, 2.05) is 74.5 Å². The Labute approximate surface area is 283 Å². The van der Waals surface area contributed by atoms with Gasteiger partial charge >= 0.3 is 0 Å². The van der Waals surface area contributed by atoms with E-state index in [1.165, 1.54) is 0 Å². The summed E-state index contributed by atoms with van der Waals surface area (Å²) in [5.74, 6) is -0.198. The standard InChI is InChI=1S/C40H34N8/c1-4-37(48(2)3)47-40-31(17-11-19-33(23-41)38(35(25-43)26-44)29-13-7-5-8-14-29)21-22-32(40)18-12-20-34(24-42)39(36(27-45)28-46)30-15-9-6-10-16-30/h5-20,31,36,40H,4,21-22H2,1-3H3/b17-11+,20-12+,32-18+,33-19+,39-34-,47-37-. The quantitative estimate of drug-likeness (QED) is 0.113. The van der Waals surface area contributed by atoms with E-state index >= 15 is 0 Å². The maximum absolute atomic E-state index is 10.0. The lowest BCUT2D eigenvalue weighted by molar-refractivity contribution is 0.568. The molecule has 2 aromatic rings. The first-order chi connectivity index (χ1) is 23.4. The van der Waals surface area contributed by atoms with E-state index in [9.17, 15) is 31.6 Å². The molecule has 1 saturated carbocycles. The fourth-order valence-corrected chi connectivity index (χ4v) is 5.52. The van der Waals surface area contributed by atoms with Gasteiger partial charge in [0.1, 0.15) is 17.7 Å². The molecule has 8 nitrogen and oxygen atoms in total. The maximum Gasteiger partial charge on any atom is 0.160 e. The molecule has 2 unspecified atom stereocenters. The third-order valence-electron chi connectivity index (χ3n) is 7.83. The van der Waals surface area contributed by atoms with Gasteiger partial charge in [-0.05, 0) is 41.7 Å². The van der Waals surface area contributed by atoms with Gasteiger partial charge in [-0.3, -0.25) is 4.99 Å². The van der Waals surface area contributed by atoms with Gasteiger partial charge in [-0.25, -0.2) is 0 Å². The zero-order valence-corrected chi connectivity index (χ0v) is 27.2. The van der Waals surface area contributed by atoms with Crippen molar-refractivity contribution in [3.8, 4) is 36.4 Å². The highest BCUT2D eigenvalue weighted by Gasteiger charge is 2.30. The average molecular weight is 627 g/mol. The molecule has 0 amide bonds. The van der Waals surface area contributed by atoms with E-state index in [4.69, 9.17) is 4.99 Å². The van der Waals surface area contributed by atoms with E-state index in [2.05, 4.69) is 12.1 Å². The predicted octanol–water partition coefficient (Wildman–Crippen LogP) is 7.77. The van der Waals surface area contributed by atoms with Gasteiger partial charge in [-0.2, -0.15) is 31.6 Å². The summed E-state index contributed by atoms with van der Waals surface area (Å²) in [7, 11) is 3.89. The summed E-state index contributed by atoms with van der Waals surface area (Å²) >= 11 is 0. The van der Waals surface area contributed by atoms with Gasteiger partial charge in [0, 0.05) is 37.6 Å². The molecule has 1 aliphatic carbocycles. The number of rotatable bonds is 10. The first-order valence-electron chi connectivity index (χ1n) is 15.4. The maximum atomic E-state index is 10.0. The molecule has 0 saturated heterocycles. The van der Waals surface area contributed by atoms with E-state index in [0.29, 0.717) is 16.7 Å². The van der Waals surface area contributed by atoms with Crippen LogP contribution in [0.2, 0.25) is 0 Å². The minimum atomic E-state index is -1.11. The van der Waals surface area contributed by atoms with Crippen molar-refractivity contribution in [1.82, 2.24) is 4.90 Å². The molecule has 48 heavy (non-hydrogen) atoms. The van der Waals surface area contributed by atoms with Gasteiger partial charge in [0.2, 0.25) is 0 Å². The molecule has 0 heterocycles. The van der Waals surface area contributed by atoms with Crippen LogP contribution in [0.3, 0.4) is 0 Å². The van der Waals surface area contributed by atoms with Crippen LogP contribution in [0, 0.1) is 79.8 Å². The van der Waals surface area contributed by atoms with Crippen LogP contribution in [0.15, 0.2) is 124 Å². The van der Waals surface area contributed by atoms with Crippen LogP contribution >= 0.6 is 0 Å². The predicted molar refractivity (Wildman–Crippen MR) is 186 cm³/mol. The lowest BCUT2D eigenvalue weighted by Crippen LogP contribution is -2.25. The van der Waals surface area contributed by atoms with Crippen LogP contribution in [0.1, 0.15) is 37.3 Å². The van der Waals surface area contributed by atoms with E-state index < -0.39 is 5.92 Å². The summed E-state index contributed by atoms with van der Waals surface area (Å²) < 4.78 is 0. The van der Waals surface area contributed by atoms with Crippen molar-refractivity contribution in [2.45, 2.75) is 32.2 Å². The molecule has 8 heteroatoms. The van der Waals surface area contributed by atoms with E-state index in [1.54, 1.807) is 72.8 Å². The minimum Gasteiger partial charge on any atom is -0.366 e. The van der Waals surface area contributed by atoms with Crippen LogP contribution in [0.4, 0.5) is 0 Å². The van der Waals surface area contributed by atoms with Gasteiger partial charge in [-0.1, -0.05) is 91.9 Å². The first kappa shape index (κ1) is 35.8. The van der Waals surface area contributed by atoms with Crippen LogP contribution in [0.25, 0.3) is 11.1 Å². The molecule has 0 N–H and O–H groups in total. The van der Waals surface area contributed by atoms with Crippen molar-refractivity contribution in [1.29, 1.82) is 31.6 Å². The Balaban J connectivity index is 2.06. The molecule has 3 rings (SSSR count).